The van der Waals surface area contributed by atoms with Gasteiger partial charge in [-0.2, -0.15) is 0 Å². The van der Waals surface area contributed by atoms with Crippen LogP contribution >= 0.6 is 23.2 Å². The molecule has 1 N–H and O–H groups in total. The summed E-state index contributed by atoms with van der Waals surface area (Å²) in [5, 5.41) is 3.92. The third-order valence-electron chi connectivity index (χ3n) is 4.52. The summed E-state index contributed by atoms with van der Waals surface area (Å²) in [5.74, 6) is 0.444. The lowest BCUT2D eigenvalue weighted by Gasteiger charge is -2.30. The van der Waals surface area contributed by atoms with Gasteiger partial charge in [0, 0.05) is 30.1 Å². The fraction of sp³-hybridized carbons (Fsp3) is 0.364. The Hall–Kier alpha value is -2.24. The van der Waals surface area contributed by atoms with Gasteiger partial charge in [0.15, 0.2) is 0 Å². The second-order valence-electron chi connectivity index (χ2n) is 6.59. The van der Waals surface area contributed by atoms with Crippen molar-refractivity contribution in [1.82, 2.24) is 10.2 Å². The Balaban J connectivity index is 1.99. The fourth-order valence-corrected chi connectivity index (χ4v) is 3.21. The number of nitrogens with zero attached hydrogens (tertiary/aromatic N) is 1. The van der Waals surface area contributed by atoms with Gasteiger partial charge in [0.25, 0.3) is 0 Å². The molecule has 0 aromatic heterocycles. The second-order valence-corrected chi connectivity index (χ2v) is 7.47. The highest BCUT2D eigenvalue weighted by molar-refractivity contribution is 6.30. The molecule has 2 aromatic rings. The highest BCUT2D eigenvalue weighted by atomic mass is 35.5. The van der Waals surface area contributed by atoms with Crippen LogP contribution < -0.4 is 10.1 Å². The molecule has 0 spiro atoms. The van der Waals surface area contributed by atoms with E-state index in [1.165, 1.54) is 0 Å². The van der Waals surface area contributed by atoms with Crippen LogP contribution in [0.5, 0.6) is 5.75 Å². The van der Waals surface area contributed by atoms with Crippen molar-refractivity contribution in [3.8, 4) is 5.75 Å². The van der Waals surface area contributed by atoms with Crippen LogP contribution in [0.1, 0.15) is 31.7 Å². The van der Waals surface area contributed by atoms with Crippen molar-refractivity contribution < 1.29 is 14.3 Å². The van der Waals surface area contributed by atoms with Crippen LogP contribution in [0, 0.1) is 0 Å². The summed E-state index contributed by atoms with van der Waals surface area (Å²) in [4.78, 5) is 26.9. The molecule has 7 heteroatoms. The lowest BCUT2D eigenvalue weighted by atomic mass is 10.1. The summed E-state index contributed by atoms with van der Waals surface area (Å²) in [7, 11) is 1.58. The van der Waals surface area contributed by atoms with E-state index in [1.807, 2.05) is 19.1 Å². The van der Waals surface area contributed by atoms with Gasteiger partial charge in [-0.05, 0) is 54.8 Å². The highest BCUT2D eigenvalue weighted by Gasteiger charge is 2.27. The number of ether oxygens (including phenoxy) is 1. The molecule has 0 fully saturated rings. The largest absolute Gasteiger partial charge is 0.494 e. The quantitative estimate of drug-likeness (QED) is 0.548. The molecule has 0 radical (unpaired) electrons. The number of hydrogen-bond acceptors (Lipinski definition) is 3. The number of benzene rings is 2. The van der Waals surface area contributed by atoms with Crippen LogP contribution in [0.25, 0.3) is 0 Å². The lowest BCUT2D eigenvalue weighted by molar-refractivity contribution is -0.141. The van der Waals surface area contributed by atoms with Gasteiger partial charge in [-0.3, -0.25) is 9.59 Å². The monoisotopic (exact) mass is 436 g/mol. The first kappa shape index (κ1) is 23.0. The van der Waals surface area contributed by atoms with E-state index in [2.05, 4.69) is 5.32 Å². The van der Waals surface area contributed by atoms with Gasteiger partial charge in [-0.15, -0.1) is 0 Å². The topological polar surface area (TPSA) is 58.6 Å². The molecule has 0 saturated carbocycles. The first-order chi connectivity index (χ1) is 13.9. The Kier molecular flexibility index (Phi) is 9.29. The van der Waals surface area contributed by atoms with E-state index >= 15 is 0 Å². The van der Waals surface area contributed by atoms with Crippen molar-refractivity contribution in [1.29, 1.82) is 0 Å². The standard InChI is InChI=1S/C22H26Cl2N2O3/c1-3-20(22(28)25-2)26(15-16-6-8-17(23)9-7-16)21(27)5-4-14-29-19-12-10-18(24)11-13-19/h6-13,20H,3-5,14-15H2,1-2H3,(H,25,28)/t20-/m0/s1. The molecule has 2 amide bonds. The van der Waals surface area contributed by atoms with E-state index < -0.39 is 6.04 Å². The maximum atomic E-state index is 12.9. The maximum Gasteiger partial charge on any atom is 0.242 e. The average molecular weight is 437 g/mol. The molecule has 0 aliphatic rings. The Labute approximate surface area is 181 Å². The number of halogens is 2. The smallest absolute Gasteiger partial charge is 0.242 e. The first-order valence-corrected chi connectivity index (χ1v) is 10.3. The molecule has 2 aromatic carbocycles. The predicted molar refractivity (Wildman–Crippen MR) is 116 cm³/mol. The molecule has 0 saturated heterocycles. The van der Waals surface area contributed by atoms with E-state index in [1.54, 1.807) is 48.3 Å². The summed E-state index contributed by atoms with van der Waals surface area (Å²) in [6.45, 7) is 2.64. The zero-order chi connectivity index (χ0) is 21.2. The number of nitrogens with one attached hydrogen (secondary N) is 1. The second kappa shape index (κ2) is 11.7. The zero-order valence-electron chi connectivity index (χ0n) is 16.7. The number of hydrogen-bond donors (Lipinski definition) is 1. The lowest BCUT2D eigenvalue weighted by Crippen LogP contribution is -2.48. The molecule has 0 heterocycles. The summed E-state index contributed by atoms with van der Waals surface area (Å²) in [6.07, 6.45) is 1.36. The maximum absolute atomic E-state index is 12.9. The summed E-state index contributed by atoms with van der Waals surface area (Å²) in [5.41, 5.74) is 0.919. The molecule has 0 bridgehead atoms. The molecule has 29 heavy (non-hydrogen) atoms. The van der Waals surface area contributed by atoms with Gasteiger partial charge in [-0.25, -0.2) is 0 Å². The first-order valence-electron chi connectivity index (χ1n) is 9.58. The summed E-state index contributed by atoms with van der Waals surface area (Å²) < 4.78 is 5.65. The molecule has 0 aliphatic heterocycles. The fourth-order valence-electron chi connectivity index (χ4n) is 2.96. The van der Waals surface area contributed by atoms with Gasteiger partial charge >= 0.3 is 0 Å². The average Bonchev–Trinajstić information content (AvgIpc) is 2.73. The summed E-state index contributed by atoms with van der Waals surface area (Å²) in [6, 6.07) is 13.8. The van der Waals surface area contributed by atoms with Crippen LogP contribution in [0.15, 0.2) is 48.5 Å². The molecule has 5 nitrogen and oxygen atoms in total. The highest BCUT2D eigenvalue weighted by Crippen LogP contribution is 2.18. The third-order valence-corrected chi connectivity index (χ3v) is 5.02. The van der Waals surface area contributed by atoms with Crippen LogP contribution in [-0.2, 0) is 16.1 Å². The minimum atomic E-state index is -0.527. The van der Waals surface area contributed by atoms with Gasteiger partial charge in [0.2, 0.25) is 11.8 Å². The van der Waals surface area contributed by atoms with Crippen LogP contribution in [-0.4, -0.2) is 36.4 Å². The minimum absolute atomic E-state index is 0.0879. The van der Waals surface area contributed by atoms with Crippen molar-refractivity contribution in [2.75, 3.05) is 13.7 Å². The zero-order valence-corrected chi connectivity index (χ0v) is 18.2. The van der Waals surface area contributed by atoms with Crippen molar-refractivity contribution >= 4 is 35.0 Å². The SMILES string of the molecule is CC[C@@H](C(=O)NC)N(Cc1ccc(Cl)cc1)C(=O)CCCOc1ccc(Cl)cc1. The van der Waals surface area contributed by atoms with E-state index in [9.17, 15) is 9.59 Å². The van der Waals surface area contributed by atoms with Crippen molar-refractivity contribution in [3.05, 3.63) is 64.1 Å². The van der Waals surface area contributed by atoms with Crippen LogP contribution in [0.3, 0.4) is 0 Å². The molecule has 2 rings (SSSR count). The molecule has 0 aliphatic carbocycles. The Morgan fingerprint density at radius 3 is 2.17 bits per heavy atom. The van der Waals surface area contributed by atoms with E-state index in [0.29, 0.717) is 41.8 Å². The predicted octanol–water partition coefficient (Wildman–Crippen LogP) is 4.71. The van der Waals surface area contributed by atoms with Crippen molar-refractivity contribution in [2.45, 2.75) is 38.8 Å². The van der Waals surface area contributed by atoms with Gasteiger partial charge in [0.1, 0.15) is 11.8 Å². The molecular weight excluding hydrogens is 411 g/mol. The van der Waals surface area contributed by atoms with E-state index in [4.69, 9.17) is 27.9 Å². The van der Waals surface area contributed by atoms with Gasteiger partial charge in [-0.1, -0.05) is 42.3 Å². The normalized spacial score (nSPS) is 11.6. The number of likely N-dealkylation sites (N-methyl/N-ethyl adjacent to an activating group) is 1. The number of carbonyl (C=O) groups is 2. The van der Waals surface area contributed by atoms with Crippen molar-refractivity contribution in [3.63, 3.8) is 0 Å². The van der Waals surface area contributed by atoms with Crippen molar-refractivity contribution in [2.24, 2.45) is 0 Å². The molecular formula is C22H26Cl2N2O3. The third kappa shape index (κ3) is 7.26. The van der Waals surface area contributed by atoms with Gasteiger partial charge in [0.05, 0.1) is 6.61 Å². The number of rotatable bonds is 10. The van der Waals surface area contributed by atoms with E-state index in [-0.39, 0.29) is 18.2 Å². The van der Waals surface area contributed by atoms with Crippen LogP contribution in [0.2, 0.25) is 10.0 Å². The van der Waals surface area contributed by atoms with Gasteiger partial charge < -0.3 is 15.0 Å². The van der Waals surface area contributed by atoms with E-state index in [0.717, 1.165) is 5.56 Å². The minimum Gasteiger partial charge on any atom is -0.494 e. The number of carbonyl (C=O) groups excluding carboxylic acids is 2. The Bertz CT molecular complexity index is 795. The Morgan fingerprint density at radius 2 is 1.62 bits per heavy atom. The van der Waals surface area contributed by atoms with Crippen LogP contribution in [0.4, 0.5) is 0 Å². The number of amides is 2. The molecule has 156 valence electrons. The molecule has 0 unspecified atom stereocenters. The Morgan fingerprint density at radius 1 is 1.03 bits per heavy atom. The molecule has 1 atom stereocenters. The summed E-state index contributed by atoms with van der Waals surface area (Å²) >= 11 is 11.8.